The minimum absolute atomic E-state index is 0.00931. The SMILES string of the molecule is O=C(O)CCCNC(=O)C1CC(=O)N(CCOc2ccccc2Cl)C1. The van der Waals surface area contributed by atoms with Crippen LogP contribution in [0.3, 0.4) is 0 Å². The fourth-order valence-corrected chi connectivity index (χ4v) is 2.78. The first-order chi connectivity index (χ1) is 12.0. The molecule has 1 heterocycles. The maximum Gasteiger partial charge on any atom is 0.303 e. The molecule has 7 nitrogen and oxygen atoms in total. The highest BCUT2D eigenvalue weighted by Gasteiger charge is 2.33. The van der Waals surface area contributed by atoms with E-state index in [9.17, 15) is 14.4 Å². The quantitative estimate of drug-likeness (QED) is 0.645. The van der Waals surface area contributed by atoms with E-state index in [0.29, 0.717) is 43.4 Å². The molecule has 1 unspecified atom stereocenters. The van der Waals surface area contributed by atoms with E-state index in [1.165, 1.54) is 0 Å². The molecule has 0 saturated carbocycles. The second-order valence-electron chi connectivity index (χ2n) is 5.81. The molecular formula is C17H21ClN2O5. The number of rotatable bonds is 9. The molecule has 1 saturated heterocycles. The van der Waals surface area contributed by atoms with Crippen molar-refractivity contribution in [2.45, 2.75) is 19.3 Å². The molecule has 25 heavy (non-hydrogen) atoms. The number of benzene rings is 1. The highest BCUT2D eigenvalue weighted by atomic mass is 35.5. The number of amides is 2. The van der Waals surface area contributed by atoms with Crippen LogP contribution in [-0.2, 0) is 14.4 Å². The van der Waals surface area contributed by atoms with Gasteiger partial charge in [0.15, 0.2) is 0 Å². The number of carbonyl (C=O) groups excluding carboxylic acids is 2. The van der Waals surface area contributed by atoms with E-state index < -0.39 is 11.9 Å². The van der Waals surface area contributed by atoms with E-state index in [1.807, 2.05) is 6.07 Å². The molecule has 1 aromatic rings. The van der Waals surface area contributed by atoms with Crippen LogP contribution < -0.4 is 10.1 Å². The zero-order valence-corrected chi connectivity index (χ0v) is 14.5. The maximum atomic E-state index is 12.0. The van der Waals surface area contributed by atoms with Crippen LogP contribution in [0.2, 0.25) is 5.02 Å². The standard InChI is InChI=1S/C17H21ClN2O5/c18-13-4-1-2-5-14(13)25-9-8-20-11-12(10-15(20)21)17(24)19-7-3-6-16(22)23/h1-2,4-5,12H,3,6-11H2,(H,19,24)(H,22,23). The summed E-state index contributed by atoms with van der Waals surface area (Å²) in [6.45, 7) is 1.32. The van der Waals surface area contributed by atoms with Gasteiger partial charge in [-0.3, -0.25) is 14.4 Å². The zero-order chi connectivity index (χ0) is 18.2. The summed E-state index contributed by atoms with van der Waals surface area (Å²) in [5.74, 6) is -1.04. The van der Waals surface area contributed by atoms with Crippen LogP contribution in [0, 0.1) is 5.92 Å². The largest absolute Gasteiger partial charge is 0.490 e. The Kier molecular flexibility index (Phi) is 7.06. The number of ether oxygens (including phenoxy) is 1. The normalized spacial score (nSPS) is 16.8. The van der Waals surface area contributed by atoms with E-state index >= 15 is 0 Å². The van der Waals surface area contributed by atoms with Gasteiger partial charge in [0.1, 0.15) is 12.4 Å². The average molecular weight is 369 g/mol. The Bertz CT molecular complexity index is 637. The van der Waals surface area contributed by atoms with Gasteiger partial charge < -0.3 is 20.1 Å². The highest BCUT2D eigenvalue weighted by molar-refractivity contribution is 6.32. The Morgan fingerprint density at radius 2 is 2.12 bits per heavy atom. The third-order valence-electron chi connectivity index (χ3n) is 3.91. The van der Waals surface area contributed by atoms with Gasteiger partial charge in [0.25, 0.3) is 0 Å². The summed E-state index contributed by atoms with van der Waals surface area (Å²) in [5.41, 5.74) is 0. The molecule has 2 N–H and O–H groups in total. The van der Waals surface area contributed by atoms with Crippen molar-refractivity contribution in [1.29, 1.82) is 0 Å². The van der Waals surface area contributed by atoms with Crippen LogP contribution in [0.5, 0.6) is 5.75 Å². The summed E-state index contributed by atoms with van der Waals surface area (Å²) >= 11 is 6.00. The Morgan fingerprint density at radius 3 is 2.84 bits per heavy atom. The summed E-state index contributed by atoms with van der Waals surface area (Å²) < 4.78 is 5.56. The lowest BCUT2D eigenvalue weighted by Crippen LogP contribution is -2.34. The second-order valence-corrected chi connectivity index (χ2v) is 6.22. The molecular weight excluding hydrogens is 348 g/mol. The van der Waals surface area contributed by atoms with Gasteiger partial charge in [0.2, 0.25) is 11.8 Å². The smallest absolute Gasteiger partial charge is 0.303 e. The van der Waals surface area contributed by atoms with Gasteiger partial charge in [-0.05, 0) is 18.6 Å². The first-order valence-electron chi connectivity index (χ1n) is 8.12. The third kappa shape index (κ3) is 5.94. The van der Waals surface area contributed by atoms with Crippen LogP contribution in [0.15, 0.2) is 24.3 Å². The molecule has 0 aromatic heterocycles. The van der Waals surface area contributed by atoms with Gasteiger partial charge in [0, 0.05) is 25.9 Å². The number of halogens is 1. The number of nitrogens with one attached hydrogen (secondary N) is 1. The predicted molar refractivity (Wildman–Crippen MR) is 91.5 cm³/mol. The number of hydrogen-bond donors (Lipinski definition) is 2. The van der Waals surface area contributed by atoms with E-state index in [1.54, 1.807) is 23.1 Å². The van der Waals surface area contributed by atoms with E-state index in [2.05, 4.69) is 5.32 Å². The van der Waals surface area contributed by atoms with E-state index in [-0.39, 0.29) is 24.7 Å². The topological polar surface area (TPSA) is 95.9 Å². The first-order valence-corrected chi connectivity index (χ1v) is 8.49. The number of likely N-dealkylation sites (tertiary alicyclic amines) is 1. The van der Waals surface area contributed by atoms with Crippen LogP contribution >= 0.6 is 11.6 Å². The summed E-state index contributed by atoms with van der Waals surface area (Å²) in [7, 11) is 0. The van der Waals surface area contributed by atoms with Crippen molar-refractivity contribution >= 4 is 29.4 Å². The average Bonchev–Trinajstić information content (AvgIpc) is 2.94. The zero-order valence-electron chi connectivity index (χ0n) is 13.7. The lowest BCUT2D eigenvalue weighted by Gasteiger charge is -2.17. The summed E-state index contributed by atoms with van der Waals surface area (Å²) in [4.78, 5) is 36.1. The Hall–Kier alpha value is -2.28. The van der Waals surface area contributed by atoms with Crippen molar-refractivity contribution in [2.24, 2.45) is 5.92 Å². The molecule has 1 aliphatic rings. The van der Waals surface area contributed by atoms with Crippen molar-refractivity contribution in [3.8, 4) is 5.75 Å². The van der Waals surface area contributed by atoms with Gasteiger partial charge in [-0.2, -0.15) is 0 Å². The molecule has 1 atom stereocenters. The van der Waals surface area contributed by atoms with Gasteiger partial charge in [-0.1, -0.05) is 23.7 Å². The molecule has 136 valence electrons. The molecule has 0 bridgehead atoms. The fraction of sp³-hybridized carbons (Fsp3) is 0.471. The third-order valence-corrected chi connectivity index (χ3v) is 4.22. The minimum Gasteiger partial charge on any atom is -0.490 e. The molecule has 8 heteroatoms. The molecule has 0 radical (unpaired) electrons. The van der Waals surface area contributed by atoms with E-state index in [0.717, 1.165) is 0 Å². The monoisotopic (exact) mass is 368 g/mol. The lowest BCUT2D eigenvalue weighted by atomic mass is 10.1. The van der Waals surface area contributed by atoms with Gasteiger partial charge in [0.05, 0.1) is 17.5 Å². The molecule has 1 aromatic carbocycles. The summed E-state index contributed by atoms with van der Waals surface area (Å²) in [5, 5.41) is 11.7. The number of carbonyl (C=O) groups is 3. The van der Waals surface area contributed by atoms with Crippen molar-refractivity contribution in [2.75, 3.05) is 26.2 Å². The van der Waals surface area contributed by atoms with Crippen molar-refractivity contribution in [3.63, 3.8) is 0 Å². The molecule has 0 aliphatic carbocycles. The van der Waals surface area contributed by atoms with Crippen molar-refractivity contribution in [1.82, 2.24) is 10.2 Å². The molecule has 0 spiro atoms. The number of nitrogens with zero attached hydrogens (tertiary/aromatic N) is 1. The first kappa shape index (κ1) is 19.1. The molecule has 2 amide bonds. The highest BCUT2D eigenvalue weighted by Crippen LogP contribution is 2.23. The summed E-state index contributed by atoms with van der Waals surface area (Å²) in [6.07, 6.45) is 0.545. The Morgan fingerprint density at radius 1 is 1.36 bits per heavy atom. The molecule has 1 aliphatic heterocycles. The number of carboxylic acids is 1. The molecule has 1 fully saturated rings. The number of hydrogen-bond acceptors (Lipinski definition) is 4. The fourth-order valence-electron chi connectivity index (χ4n) is 2.59. The van der Waals surface area contributed by atoms with Crippen LogP contribution in [0.25, 0.3) is 0 Å². The van der Waals surface area contributed by atoms with Crippen LogP contribution in [0.4, 0.5) is 0 Å². The minimum atomic E-state index is -0.894. The van der Waals surface area contributed by atoms with Crippen molar-refractivity contribution in [3.05, 3.63) is 29.3 Å². The van der Waals surface area contributed by atoms with Gasteiger partial charge in [-0.15, -0.1) is 0 Å². The maximum absolute atomic E-state index is 12.0. The number of aliphatic carboxylic acids is 1. The molecule has 2 rings (SSSR count). The Balaban J connectivity index is 1.71. The number of para-hydroxylation sites is 1. The van der Waals surface area contributed by atoms with E-state index in [4.69, 9.17) is 21.4 Å². The van der Waals surface area contributed by atoms with Crippen LogP contribution in [-0.4, -0.2) is 54.0 Å². The van der Waals surface area contributed by atoms with Crippen LogP contribution in [0.1, 0.15) is 19.3 Å². The number of carboxylic acid groups (broad SMARTS) is 1. The summed E-state index contributed by atoms with van der Waals surface area (Å²) in [6, 6.07) is 7.09. The second kappa shape index (κ2) is 9.27. The lowest BCUT2D eigenvalue weighted by molar-refractivity contribution is -0.137. The predicted octanol–water partition coefficient (Wildman–Crippen LogP) is 1.55. The van der Waals surface area contributed by atoms with Gasteiger partial charge in [-0.25, -0.2) is 0 Å². The Labute approximate surface area is 150 Å². The van der Waals surface area contributed by atoms with Gasteiger partial charge >= 0.3 is 5.97 Å². The van der Waals surface area contributed by atoms with Crippen molar-refractivity contribution < 1.29 is 24.2 Å².